The normalized spacial score (nSPS) is 15.7. The molecule has 1 aliphatic heterocycles. The molecule has 0 radical (unpaired) electrons. The lowest BCUT2D eigenvalue weighted by Crippen LogP contribution is -2.47. The van der Waals surface area contributed by atoms with Crippen molar-refractivity contribution in [3.05, 3.63) is 70.7 Å². The molecule has 0 saturated carbocycles. The van der Waals surface area contributed by atoms with Crippen molar-refractivity contribution in [1.82, 2.24) is 15.2 Å². The van der Waals surface area contributed by atoms with Gasteiger partial charge in [0.25, 0.3) is 0 Å². The summed E-state index contributed by atoms with van der Waals surface area (Å²) in [7, 11) is 0. The molecular formula is C24H26N4O2S. The van der Waals surface area contributed by atoms with E-state index in [9.17, 15) is 9.59 Å². The molecule has 2 heterocycles. The van der Waals surface area contributed by atoms with Crippen LogP contribution in [0.4, 0.5) is 10.5 Å². The zero-order chi connectivity index (χ0) is 21.8. The first kappa shape index (κ1) is 21.1. The Morgan fingerprint density at radius 1 is 1.13 bits per heavy atom. The summed E-state index contributed by atoms with van der Waals surface area (Å²) in [6, 6.07) is 15.1. The molecule has 1 aliphatic rings. The standard InChI is InChI=1S/C24H26N4O2S/c1-16-10-11-19(13-17(16)2)27-24(30)28-12-6-9-21(28)22(29)25-14-20-15-31-23(26-20)18-7-4-3-5-8-18/h3-5,7-8,10-11,13,15,21H,6,9,12,14H2,1-2H3,(H,25,29)(H,27,30). The van der Waals surface area contributed by atoms with E-state index >= 15 is 0 Å². The van der Waals surface area contributed by atoms with Crippen molar-refractivity contribution >= 4 is 29.0 Å². The van der Waals surface area contributed by atoms with Crippen LogP contribution in [0.5, 0.6) is 0 Å². The van der Waals surface area contributed by atoms with Crippen LogP contribution in [0.3, 0.4) is 0 Å². The highest BCUT2D eigenvalue weighted by Crippen LogP contribution is 2.24. The molecule has 1 fully saturated rings. The van der Waals surface area contributed by atoms with Crippen LogP contribution in [0.15, 0.2) is 53.9 Å². The molecule has 160 valence electrons. The van der Waals surface area contributed by atoms with Gasteiger partial charge in [-0.1, -0.05) is 36.4 Å². The lowest BCUT2D eigenvalue weighted by Gasteiger charge is -2.24. The topological polar surface area (TPSA) is 74.3 Å². The molecule has 0 spiro atoms. The van der Waals surface area contributed by atoms with Crippen molar-refractivity contribution in [3.8, 4) is 10.6 Å². The molecule has 1 aromatic heterocycles. The Hall–Kier alpha value is -3.19. The number of hydrogen-bond acceptors (Lipinski definition) is 4. The first-order chi connectivity index (χ1) is 15.0. The van der Waals surface area contributed by atoms with E-state index in [1.807, 2.05) is 67.8 Å². The summed E-state index contributed by atoms with van der Waals surface area (Å²) in [5, 5.41) is 8.77. The van der Waals surface area contributed by atoms with E-state index < -0.39 is 6.04 Å². The highest BCUT2D eigenvalue weighted by molar-refractivity contribution is 7.13. The number of benzene rings is 2. The second-order valence-electron chi connectivity index (χ2n) is 7.81. The maximum atomic E-state index is 12.8. The summed E-state index contributed by atoms with van der Waals surface area (Å²) in [5.74, 6) is -0.137. The molecule has 7 heteroatoms. The van der Waals surface area contributed by atoms with E-state index in [-0.39, 0.29) is 11.9 Å². The Morgan fingerprint density at radius 2 is 1.94 bits per heavy atom. The van der Waals surface area contributed by atoms with Crippen LogP contribution in [0.2, 0.25) is 0 Å². The van der Waals surface area contributed by atoms with Gasteiger partial charge in [0.05, 0.1) is 12.2 Å². The summed E-state index contributed by atoms with van der Waals surface area (Å²) in [6.45, 7) is 4.97. The summed E-state index contributed by atoms with van der Waals surface area (Å²) in [5.41, 5.74) is 4.92. The number of urea groups is 1. The minimum absolute atomic E-state index is 0.137. The SMILES string of the molecule is Cc1ccc(NC(=O)N2CCCC2C(=O)NCc2csc(-c3ccccc3)n2)cc1C. The van der Waals surface area contributed by atoms with Crippen molar-refractivity contribution in [2.24, 2.45) is 0 Å². The monoisotopic (exact) mass is 434 g/mol. The van der Waals surface area contributed by atoms with Gasteiger partial charge in [0, 0.05) is 23.2 Å². The van der Waals surface area contributed by atoms with Crippen molar-refractivity contribution in [1.29, 1.82) is 0 Å². The Kier molecular flexibility index (Phi) is 6.32. The van der Waals surface area contributed by atoms with E-state index in [1.165, 1.54) is 5.56 Å². The summed E-state index contributed by atoms with van der Waals surface area (Å²) < 4.78 is 0. The van der Waals surface area contributed by atoms with Crippen LogP contribution < -0.4 is 10.6 Å². The van der Waals surface area contributed by atoms with Gasteiger partial charge in [-0.05, 0) is 49.9 Å². The predicted molar refractivity (Wildman–Crippen MR) is 124 cm³/mol. The average molecular weight is 435 g/mol. The van der Waals surface area contributed by atoms with Crippen molar-refractivity contribution < 1.29 is 9.59 Å². The fourth-order valence-electron chi connectivity index (χ4n) is 3.69. The fraction of sp³-hybridized carbons (Fsp3) is 0.292. The molecule has 1 atom stereocenters. The number of aromatic nitrogens is 1. The van der Waals surface area contributed by atoms with E-state index in [0.717, 1.165) is 33.9 Å². The van der Waals surface area contributed by atoms with Crippen LogP contribution in [0.25, 0.3) is 10.6 Å². The Labute approximate surface area is 186 Å². The predicted octanol–water partition coefficient (Wildman–Crippen LogP) is 4.74. The summed E-state index contributed by atoms with van der Waals surface area (Å²) in [6.07, 6.45) is 1.48. The molecule has 31 heavy (non-hydrogen) atoms. The highest BCUT2D eigenvalue weighted by Gasteiger charge is 2.34. The largest absolute Gasteiger partial charge is 0.349 e. The first-order valence-corrected chi connectivity index (χ1v) is 11.3. The van der Waals surface area contributed by atoms with Gasteiger partial charge >= 0.3 is 6.03 Å². The van der Waals surface area contributed by atoms with E-state index in [2.05, 4.69) is 15.6 Å². The Balaban J connectivity index is 1.35. The number of likely N-dealkylation sites (tertiary alicyclic amines) is 1. The number of thiazole rings is 1. The van der Waals surface area contributed by atoms with Crippen molar-refractivity contribution in [3.63, 3.8) is 0 Å². The number of carbonyl (C=O) groups is 2. The zero-order valence-electron chi connectivity index (χ0n) is 17.7. The molecule has 0 aliphatic carbocycles. The second-order valence-corrected chi connectivity index (χ2v) is 8.67. The smallest absolute Gasteiger partial charge is 0.322 e. The van der Waals surface area contributed by atoms with Gasteiger partial charge in [0.1, 0.15) is 11.0 Å². The molecule has 1 unspecified atom stereocenters. The lowest BCUT2D eigenvalue weighted by atomic mass is 10.1. The van der Waals surface area contributed by atoms with E-state index in [1.54, 1.807) is 16.2 Å². The molecule has 1 saturated heterocycles. The van der Waals surface area contributed by atoms with Crippen molar-refractivity contribution in [2.45, 2.75) is 39.3 Å². The van der Waals surface area contributed by atoms with Gasteiger partial charge in [-0.2, -0.15) is 0 Å². The van der Waals surface area contributed by atoms with Crippen LogP contribution in [0.1, 0.15) is 29.7 Å². The molecule has 6 nitrogen and oxygen atoms in total. The van der Waals surface area contributed by atoms with E-state index in [4.69, 9.17) is 0 Å². The van der Waals surface area contributed by atoms with E-state index in [0.29, 0.717) is 19.5 Å². The quantitative estimate of drug-likeness (QED) is 0.609. The third-order valence-electron chi connectivity index (χ3n) is 5.59. The molecule has 2 N–H and O–H groups in total. The number of nitrogens with one attached hydrogen (secondary N) is 2. The minimum Gasteiger partial charge on any atom is -0.349 e. The van der Waals surface area contributed by atoms with Crippen LogP contribution in [0, 0.1) is 13.8 Å². The number of carbonyl (C=O) groups excluding carboxylic acids is 2. The third-order valence-corrected chi connectivity index (χ3v) is 6.53. The number of rotatable bonds is 5. The summed E-state index contributed by atoms with van der Waals surface area (Å²) in [4.78, 5) is 31.8. The van der Waals surface area contributed by atoms with Gasteiger partial charge in [0.2, 0.25) is 5.91 Å². The number of amides is 3. The van der Waals surface area contributed by atoms with Gasteiger partial charge in [0.15, 0.2) is 0 Å². The van der Waals surface area contributed by atoms with Gasteiger partial charge in [-0.3, -0.25) is 4.79 Å². The first-order valence-electron chi connectivity index (χ1n) is 10.4. The fourth-order valence-corrected chi connectivity index (χ4v) is 4.52. The molecule has 0 bridgehead atoms. The van der Waals surface area contributed by atoms with Crippen LogP contribution >= 0.6 is 11.3 Å². The van der Waals surface area contributed by atoms with Gasteiger partial charge in [-0.15, -0.1) is 11.3 Å². The molecule has 2 aromatic carbocycles. The molecule has 3 aromatic rings. The minimum atomic E-state index is -0.459. The van der Waals surface area contributed by atoms with Crippen LogP contribution in [-0.4, -0.2) is 34.4 Å². The van der Waals surface area contributed by atoms with Gasteiger partial charge < -0.3 is 15.5 Å². The average Bonchev–Trinajstić information content (AvgIpc) is 3.45. The maximum absolute atomic E-state index is 12.8. The number of aryl methyl sites for hydroxylation is 2. The molecule has 4 rings (SSSR count). The molecule has 3 amide bonds. The van der Waals surface area contributed by atoms with Crippen LogP contribution in [-0.2, 0) is 11.3 Å². The number of anilines is 1. The Bertz CT molecular complexity index is 1080. The van der Waals surface area contributed by atoms with Crippen molar-refractivity contribution in [2.75, 3.05) is 11.9 Å². The zero-order valence-corrected chi connectivity index (χ0v) is 18.5. The lowest BCUT2D eigenvalue weighted by molar-refractivity contribution is -0.124. The number of hydrogen-bond donors (Lipinski definition) is 2. The Morgan fingerprint density at radius 3 is 2.71 bits per heavy atom. The third kappa shape index (κ3) is 4.94. The highest BCUT2D eigenvalue weighted by atomic mass is 32.1. The molecular weight excluding hydrogens is 408 g/mol. The number of nitrogens with zero attached hydrogens (tertiary/aromatic N) is 2. The second kappa shape index (κ2) is 9.31. The van der Waals surface area contributed by atoms with Gasteiger partial charge in [-0.25, -0.2) is 9.78 Å². The maximum Gasteiger partial charge on any atom is 0.322 e. The summed E-state index contributed by atoms with van der Waals surface area (Å²) >= 11 is 1.56.